The van der Waals surface area contributed by atoms with Gasteiger partial charge in [0.2, 0.25) is 0 Å². The van der Waals surface area contributed by atoms with Gasteiger partial charge >= 0.3 is 5.97 Å². The van der Waals surface area contributed by atoms with Crippen molar-refractivity contribution in [2.24, 2.45) is 5.73 Å². The Labute approximate surface area is 106 Å². The summed E-state index contributed by atoms with van der Waals surface area (Å²) in [5.74, 6) is -1.89. The average molecular weight is 265 g/mol. The average Bonchev–Trinajstić information content (AvgIpc) is 2.85. The fourth-order valence-electron chi connectivity index (χ4n) is 1.22. The molecule has 1 aromatic carbocycles. The maximum absolute atomic E-state index is 13.6. The van der Waals surface area contributed by atoms with Gasteiger partial charge in [-0.15, -0.1) is 11.3 Å². The molecule has 0 saturated heterocycles. The molecule has 5 nitrogen and oxygen atoms in total. The van der Waals surface area contributed by atoms with Crippen LogP contribution in [0.25, 0.3) is 0 Å². The smallest absolute Gasteiger partial charge is 0.355 e. The van der Waals surface area contributed by atoms with Crippen molar-refractivity contribution in [2.75, 3.05) is 0 Å². The molecular weight excluding hydrogens is 257 g/mol. The van der Waals surface area contributed by atoms with E-state index in [1.807, 2.05) is 0 Å². The quantitative estimate of drug-likeness (QED) is 0.383. The van der Waals surface area contributed by atoms with E-state index in [1.165, 1.54) is 23.8 Å². The van der Waals surface area contributed by atoms with E-state index in [0.29, 0.717) is 0 Å². The number of rotatable bonds is 3. The summed E-state index contributed by atoms with van der Waals surface area (Å²) >= 11 is 1.10. The standard InChI is InChI=1S/C11H8FN3O2S/c12-7-3-6(10(13)14)1-2-8(7)17-11(16)9-4-15-5-18-9/h1-5H,(H3,13,14). The molecule has 0 aliphatic heterocycles. The van der Waals surface area contributed by atoms with Crippen molar-refractivity contribution >= 4 is 23.1 Å². The van der Waals surface area contributed by atoms with Gasteiger partial charge in [0.15, 0.2) is 11.6 Å². The van der Waals surface area contributed by atoms with E-state index >= 15 is 0 Å². The van der Waals surface area contributed by atoms with Crippen LogP contribution in [0, 0.1) is 11.2 Å². The van der Waals surface area contributed by atoms with Gasteiger partial charge in [-0.3, -0.25) is 10.4 Å². The first kappa shape index (κ1) is 12.2. The van der Waals surface area contributed by atoms with Crippen LogP contribution in [0.3, 0.4) is 0 Å². The van der Waals surface area contributed by atoms with Crippen molar-refractivity contribution < 1.29 is 13.9 Å². The highest BCUT2D eigenvalue weighted by molar-refractivity contribution is 7.11. The number of amidine groups is 1. The molecule has 18 heavy (non-hydrogen) atoms. The van der Waals surface area contributed by atoms with E-state index in [2.05, 4.69) is 4.98 Å². The summed E-state index contributed by atoms with van der Waals surface area (Å²) in [6.07, 6.45) is 1.34. The normalized spacial score (nSPS) is 10.1. The third-order valence-electron chi connectivity index (χ3n) is 2.08. The maximum atomic E-state index is 13.6. The minimum atomic E-state index is -0.749. The first-order valence-electron chi connectivity index (χ1n) is 4.82. The zero-order chi connectivity index (χ0) is 13.1. The minimum absolute atomic E-state index is 0.210. The lowest BCUT2D eigenvalue weighted by atomic mass is 10.2. The largest absolute Gasteiger partial charge is 0.419 e. The second-order valence-corrected chi connectivity index (χ2v) is 4.20. The van der Waals surface area contributed by atoms with Crippen LogP contribution in [-0.4, -0.2) is 16.8 Å². The fraction of sp³-hybridized carbons (Fsp3) is 0. The second kappa shape index (κ2) is 4.92. The third-order valence-corrected chi connectivity index (χ3v) is 2.83. The zero-order valence-electron chi connectivity index (χ0n) is 9.01. The number of nitrogens with zero attached hydrogens (tertiary/aromatic N) is 1. The molecule has 0 aliphatic rings. The van der Waals surface area contributed by atoms with Crippen LogP contribution >= 0.6 is 11.3 Å². The Hall–Kier alpha value is -2.28. The molecular formula is C11H8FN3O2S. The van der Waals surface area contributed by atoms with E-state index in [0.717, 1.165) is 17.4 Å². The molecule has 0 atom stereocenters. The molecule has 0 radical (unpaired) electrons. The van der Waals surface area contributed by atoms with Crippen molar-refractivity contribution in [3.8, 4) is 5.75 Å². The van der Waals surface area contributed by atoms with Gasteiger partial charge in [-0.25, -0.2) is 9.18 Å². The van der Waals surface area contributed by atoms with Crippen LogP contribution in [0.15, 0.2) is 29.9 Å². The van der Waals surface area contributed by atoms with Crippen molar-refractivity contribution in [2.45, 2.75) is 0 Å². The van der Waals surface area contributed by atoms with Gasteiger partial charge < -0.3 is 10.5 Å². The molecule has 0 saturated carbocycles. The Morgan fingerprint density at radius 2 is 2.28 bits per heavy atom. The minimum Gasteiger partial charge on any atom is -0.419 e. The second-order valence-electron chi connectivity index (χ2n) is 3.31. The van der Waals surface area contributed by atoms with Crippen molar-refractivity contribution in [3.05, 3.63) is 46.2 Å². The Morgan fingerprint density at radius 1 is 1.50 bits per heavy atom. The molecule has 7 heteroatoms. The number of nitrogens with one attached hydrogen (secondary N) is 1. The van der Waals surface area contributed by atoms with Crippen LogP contribution in [0.5, 0.6) is 5.75 Å². The van der Waals surface area contributed by atoms with Gasteiger partial charge in [-0.05, 0) is 18.2 Å². The van der Waals surface area contributed by atoms with Crippen molar-refractivity contribution in [1.82, 2.24) is 4.98 Å². The number of nitrogens with two attached hydrogens (primary N) is 1. The van der Waals surface area contributed by atoms with Crippen LogP contribution < -0.4 is 10.5 Å². The van der Waals surface area contributed by atoms with E-state index in [1.54, 1.807) is 0 Å². The van der Waals surface area contributed by atoms with Crippen molar-refractivity contribution in [1.29, 1.82) is 5.41 Å². The molecule has 0 bridgehead atoms. The highest BCUT2D eigenvalue weighted by atomic mass is 32.1. The highest BCUT2D eigenvalue weighted by Crippen LogP contribution is 2.20. The van der Waals surface area contributed by atoms with Gasteiger partial charge in [0.25, 0.3) is 0 Å². The molecule has 0 spiro atoms. The molecule has 2 rings (SSSR count). The number of carbonyl (C=O) groups excluding carboxylic acids is 1. The Bertz CT molecular complexity index is 598. The summed E-state index contributed by atoms with van der Waals surface area (Å²) in [5, 5.41) is 7.15. The van der Waals surface area contributed by atoms with Crippen molar-refractivity contribution in [3.63, 3.8) is 0 Å². The Morgan fingerprint density at radius 3 is 2.83 bits per heavy atom. The maximum Gasteiger partial charge on any atom is 0.355 e. The number of hydrogen-bond acceptors (Lipinski definition) is 5. The molecule has 0 aliphatic carbocycles. The highest BCUT2D eigenvalue weighted by Gasteiger charge is 2.14. The van der Waals surface area contributed by atoms with E-state index in [9.17, 15) is 9.18 Å². The number of aromatic nitrogens is 1. The van der Waals surface area contributed by atoms with Crippen LogP contribution in [0.2, 0.25) is 0 Å². The number of hydrogen-bond donors (Lipinski definition) is 2. The SMILES string of the molecule is N=C(N)c1ccc(OC(=O)c2cncs2)c(F)c1. The summed E-state index contributed by atoms with van der Waals surface area (Å²) in [4.78, 5) is 15.6. The van der Waals surface area contributed by atoms with E-state index < -0.39 is 11.8 Å². The number of halogens is 1. The predicted octanol–water partition coefficient (Wildman–Crippen LogP) is 1.79. The van der Waals surface area contributed by atoms with Crippen LogP contribution in [0.4, 0.5) is 4.39 Å². The number of ether oxygens (including phenoxy) is 1. The molecule has 1 heterocycles. The molecule has 92 valence electrons. The monoisotopic (exact) mass is 265 g/mol. The number of benzene rings is 1. The topological polar surface area (TPSA) is 89.1 Å². The Kier molecular flexibility index (Phi) is 3.33. The summed E-state index contributed by atoms with van der Waals surface area (Å²) < 4.78 is 18.4. The van der Waals surface area contributed by atoms with Crippen LogP contribution in [0.1, 0.15) is 15.2 Å². The molecule has 3 N–H and O–H groups in total. The summed E-state index contributed by atoms with van der Waals surface area (Å²) in [7, 11) is 0. The number of thiazole rings is 1. The zero-order valence-corrected chi connectivity index (χ0v) is 9.83. The fourth-order valence-corrected chi connectivity index (χ4v) is 1.71. The lowest BCUT2D eigenvalue weighted by Crippen LogP contribution is -2.12. The lowest BCUT2D eigenvalue weighted by Gasteiger charge is -2.05. The summed E-state index contributed by atoms with van der Waals surface area (Å²) in [6.45, 7) is 0. The lowest BCUT2D eigenvalue weighted by molar-refractivity contribution is 0.0732. The van der Waals surface area contributed by atoms with E-state index in [4.69, 9.17) is 15.9 Å². The number of nitrogen functional groups attached to an aromatic ring is 1. The van der Waals surface area contributed by atoms with Gasteiger partial charge in [-0.2, -0.15) is 0 Å². The van der Waals surface area contributed by atoms with Gasteiger partial charge in [-0.1, -0.05) is 0 Å². The molecule has 0 unspecified atom stereocenters. The molecule has 0 fully saturated rings. The van der Waals surface area contributed by atoms with Gasteiger partial charge in [0.1, 0.15) is 10.7 Å². The number of carbonyl (C=O) groups is 1. The van der Waals surface area contributed by atoms with Gasteiger partial charge in [0, 0.05) is 5.56 Å². The Balaban J connectivity index is 2.20. The summed E-state index contributed by atoms with van der Waals surface area (Å²) in [6, 6.07) is 3.70. The molecule has 1 aromatic heterocycles. The molecule has 2 aromatic rings. The van der Waals surface area contributed by atoms with E-state index in [-0.39, 0.29) is 22.0 Å². The summed E-state index contributed by atoms with van der Waals surface area (Å²) in [5.41, 5.74) is 6.92. The first-order valence-corrected chi connectivity index (χ1v) is 5.70. The molecule has 0 amide bonds. The third kappa shape index (κ3) is 2.51. The predicted molar refractivity (Wildman–Crippen MR) is 64.5 cm³/mol. The van der Waals surface area contributed by atoms with Crippen LogP contribution in [-0.2, 0) is 0 Å². The van der Waals surface area contributed by atoms with Gasteiger partial charge in [0.05, 0.1) is 11.7 Å². The number of esters is 1. The first-order chi connectivity index (χ1) is 8.58.